The zero-order valence-corrected chi connectivity index (χ0v) is 20.6. The van der Waals surface area contributed by atoms with E-state index in [1.165, 1.54) is 11.8 Å². The number of methoxy groups -OCH3 is 1. The quantitative estimate of drug-likeness (QED) is 0.595. The molecule has 0 bridgehead atoms. The van der Waals surface area contributed by atoms with Crippen LogP contribution >= 0.6 is 11.8 Å². The van der Waals surface area contributed by atoms with E-state index in [1.54, 1.807) is 7.11 Å². The molecule has 1 saturated heterocycles. The number of pyridine rings is 1. The number of hydrogen-bond acceptors (Lipinski definition) is 7. The van der Waals surface area contributed by atoms with E-state index in [2.05, 4.69) is 11.4 Å². The first kappa shape index (κ1) is 24.2. The average Bonchev–Trinajstić information content (AvgIpc) is 3.33. The van der Waals surface area contributed by atoms with Crippen LogP contribution < -0.4 is 10.1 Å². The van der Waals surface area contributed by atoms with Crippen LogP contribution in [0.1, 0.15) is 54.7 Å². The van der Waals surface area contributed by atoms with Crippen LogP contribution in [0.4, 0.5) is 0 Å². The number of carbonyl (C=O) groups excluding carboxylic acids is 2. The van der Waals surface area contributed by atoms with Crippen LogP contribution in [0.2, 0.25) is 0 Å². The van der Waals surface area contributed by atoms with Crippen molar-refractivity contribution >= 4 is 23.5 Å². The predicted molar refractivity (Wildman–Crippen MR) is 130 cm³/mol. The minimum absolute atomic E-state index is 0.00748. The number of nitrogens with one attached hydrogen (secondary N) is 1. The van der Waals surface area contributed by atoms with Gasteiger partial charge >= 0.3 is 0 Å². The molecule has 34 heavy (non-hydrogen) atoms. The Morgan fingerprint density at radius 3 is 2.71 bits per heavy atom. The van der Waals surface area contributed by atoms with Crippen molar-refractivity contribution in [2.75, 3.05) is 26.0 Å². The second kappa shape index (κ2) is 10.2. The number of benzene rings is 1. The van der Waals surface area contributed by atoms with Gasteiger partial charge in [0.1, 0.15) is 16.8 Å². The Labute approximate surface area is 204 Å². The summed E-state index contributed by atoms with van der Waals surface area (Å²) in [5.74, 6) is 0.681. The van der Waals surface area contributed by atoms with Gasteiger partial charge in [-0.2, -0.15) is 5.26 Å². The van der Waals surface area contributed by atoms with Crippen LogP contribution in [0.25, 0.3) is 11.1 Å². The summed E-state index contributed by atoms with van der Waals surface area (Å²) in [6.07, 6.45) is 3.06. The smallest absolute Gasteiger partial charge is 0.230 e. The van der Waals surface area contributed by atoms with Crippen molar-refractivity contribution in [1.29, 1.82) is 5.26 Å². The first-order chi connectivity index (χ1) is 16.3. The minimum Gasteiger partial charge on any atom is -0.497 e. The molecule has 1 aromatic carbocycles. The van der Waals surface area contributed by atoms with Crippen molar-refractivity contribution in [2.45, 2.75) is 50.7 Å². The van der Waals surface area contributed by atoms with Gasteiger partial charge in [-0.3, -0.25) is 9.59 Å². The standard InChI is InChI=1S/C26H29N3O4S/c1-26(2)11-20-24(21(30)12-26)23(16-6-8-17(32-3)9-7-16)19(13-27)25(29-20)34-15-22(31)28-14-18-5-4-10-33-18/h6-9,18H,4-5,10-12,14-15H2,1-3H3,(H,28,31). The molecule has 178 valence electrons. The molecule has 1 atom stereocenters. The predicted octanol–water partition coefficient (Wildman–Crippen LogP) is 4.17. The Balaban J connectivity index is 1.68. The second-order valence-electron chi connectivity index (χ2n) is 9.50. The summed E-state index contributed by atoms with van der Waals surface area (Å²) in [5, 5.41) is 13.5. The van der Waals surface area contributed by atoms with Crippen LogP contribution in [0, 0.1) is 16.7 Å². The number of nitriles is 1. The molecule has 1 N–H and O–H groups in total. The molecule has 7 nitrogen and oxygen atoms in total. The fourth-order valence-corrected chi connectivity index (χ4v) is 5.39. The number of hydrogen-bond donors (Lipinski definition) is 1. The Morgan fingerprint density at radius 1 is 1.29 bits per heavy atom. The maximum atomic E-state index is 13.2. The molecule has 1 amide bonds. The first-order valence-electron chi connectivity index (χ1n) is 11.5. The van der Waals surface area contributed by atoms with Crippen molar-refractivity contribution in [3.05, 3.63) is 41.1 Å². The number of carbonyl (C=O) groups is 2. The summed E-state index contributed by atoms with van der Waals surface area (Å²) in [6, 6.07) is 9.59. The Bertz CT molecular complexity index is 1130. The normalized spacial score (nSPS) is 18.8. The van der Waals surface area contributed by atoms with Gasteiger partial charge in [-0.25, -0.2) is 4.98 Å². The van der Waals surface area contributed by atoms with E-state index in [9.17, 15) is 14.9 Å². The van der Waals surface area contributed by atoms with Gasteiger partial charge in [0.15, 0.2) is 5.78 Å². The van der Waals surface area contributed by atoms with Gasteiger partial charge in [0.2, 0.25) is 5.91 Å². The number of thioether (sulfide) groups is 1. The maximum absolute atomic E-state index is 13.2. The lowest BCUT2D eigenvalue weighted by molar-refractivity contribution is -0.119. The molecular weight excluding hydrogens is 450 g/mol. The summed E-state index contributed by atoms with van der Waals surface area (Å²) in [4.78, 5) is 30.4. The molecule has 0 saturated carbocycles. The average molecular weight is 480 g/mol. The van der Waals surface area contributed by atoms with E-state index in [-0.39, 0.29) is 29.0 Å². The molecule has 2 aromatic rings. The molecular formula is C26H29N3O4S. The Morgan fingerprint density at radius 2 is 2.06 bits per heavy atom. The topological polar surface area (TPSA) is 101 Å². The molecule has 1 fully saturated rings. The van der Waals surface area contributed by atoms with Crippen molar-refractivity contribution in [2.24, 2.45) is 5.41 Å². The van der Waals surface area contributed by atoms with E-state index in [0.29, 0.717) is 52.5 Å². The maximum Gasteiger partial charge on any atom is 0.230 e. The van der Waals surface area contributed by atoms with Crippen LogP contribution in [0.3, 0.4) is 0 Å². The SMILES string of the molecule is COc1ccc(-c2c(C#N)c(SCC(=O)NCC3CCCO3)nc3c2C(=O)CC(C)(C)C3)cc1. The molecule has 2 heterocycles. The van der Waals surface area contributed by atoms with Gasteiger partial charge in [0.05, 0.1) is 30.2 Å². The van der Waals surface area contributed by atoms with E-state index < -0.39 is 0 Å². The van der Waals surface area contributed by atoms with Crippen LogP contribution in [0.5, 0.6) is 5.75 Å². The summed E-state index contributed by atoms with van der Waals surface area (Å²) >= 11 is 1.23. The zero-order chi connectivity index (χ0) is 24.3. The third-order valence-corrected chi connectivity index (χ3v) is 7.16. The number of aromatic nitrogens is 1. The molecule has 1 aliphatic carbocycles. The monoisotopic (exact) mass is 479 g/mol. The Hall–Kier alpha value is -2.89. The third kappa shape index (κ3) is 5.26. The number of ketones is 1. The highest BCUT2D eigenvalue weighted by Crippen LogP contribution is 2.42. The fourth-order valence-electron chi connectivity index (χ4n) is 4.55. The summed E-state index contributed by atoms with van der Waals surface area (Å²) in [7, 11) is 1.59. The fraction of sp³-hybridized carbons (Fsp3) is 0.462. The lowest BCUT2D eigenvalue weighted by Crippen LogP contribution is -2.33. The number of amides is 1. The second-order valence-corrected chi connectivity index (χ2v) is 10.5. The number of nitrogens with zero attached hydrogens (tertiary/aromatic N) is 2. The highest BCUT2D eigenvalue weighted by Gasteiger charge is 2.36. The van der Waals surface area contributed by atoms with Gasteiger partial charge in [0, 0.05) is 30.7 Å². The van der Waals surface area contributed by atoms with Crippen molar-refractivity contribution in [3.63, 3.8) is 0 Å². The zero-order valence-electron chi connectivity index (χ0n) is 19.8. The van der Waals surface area contributed by atoms with E-state index in [0.717, 1.165) is 25.0 Å². The van der Waals surface area contributed by atoms with Gasteiger partial charge < -0.3 is 14.8 Å². The molecule has 1 aliphatic heterocycles. The largest absolute Gasteiger partial charge is 0.497 e. The highest BCUT2D eigenvalue weighted by molar-refractivity contribution is 8.00. The van der Waals surface area contributed by atoms with Gasteiger partial charge in [0.25, 0.3) is 0 Å². The number of fused-ring (bicyclic) bond motifs is 1. The van der Waals surface area contributed by atoms with Crippen LogP contribution in [-0.2, 0) is 16.0 Å². The van der Waals surface area contributed by atoms with E-state index >= 15 is 0 Å². The van der Waals surface area contributed by atoms with Crippen molar-refractivity contribution < 1.29 is 19.1 Å². The number of Topliss-reactive ketones (excluding diaryl/α,β-unsaturated/α-hetero) is 1. The summed E-state index contributed by atoms with van der Waals surface area (Å²) in [6.45, 7) is 5.32. The molecule has 0 radical (unpaired) electrons. The molecule has 0 spiro atoms. The lowest BCUT2D eigenvalue weighted by Gasteiger charge is -2.31. The molecule has 1 aromatic heterocycles. The van der Waals surface area contributed by atoms with Crippen molar-refractivity contribution in [3.8, 4) is 22.9 Å². The minimum atomic E-state index is -0.219. The van der Waals surface area contributed by atoms with Gasteiger partial charge in [-0.15, -0.1) is 0 Å². The summed E-state index contributed by atoms with van der Waals surface area (Å²) < 4.78 is 10.8. The van der Waals surface area contributed by atoms with E-state index in [1.807, 2.05) is 38.1 Å². The van der Waals surface area contributed by atoms with E-state index in [4.69, 9.17) is 14.5 Å². The van der Waals surface area contributed by atoms with Crippen molar-refractivity contribution in [1.82, 2.24) is 10.3 Å². The van der Waals surface area contributed by atoms with Gasteiger partial charge in [-0.1, -0.05) is 37.7 Å². The first-order valence-corrected chi connectivity index (χ1v) is 12.5. The van der Waals surface area contributed by atoms with Crippen LogP contribution in [-0.4, -0.2) is 48.8 Å². The highest BCUT2D eigenvalue weighted by atomic mass is 32.2. The number of rotatable bonds is 7. The van der Waals surface area contributed by atoms with Crippen LogP contribution in [0.15, 0.2) is 29.3 Å². The summed E-state index contributed by atoms with van der Waals surface area (Å²) in [5.41, 5.74) is 2.67. The lowest BCUT2D eigenvalue weighted by atomic mass is 9.73. The molecule has 1 unspecified atom stereocenters. The molecule has 8 heteroatoms. The number of ether oxygens (including phenoxy) is 2. The Kier molecular flexibility index (Phi) is 7.24. The third-order valence-electron chi connectivity index (χ3n) is 6.18. The van der Waals surface area contributed by atoms with Gasteiger partial charge in [-0.05, 0) is 42.4 Å². The molecule has 4 rings (SSSR count). The molecule has 2 aliphatic rings.